The Bertz CT molecular complexity index is 616. The average Bonchev–Trinajstić information content (AvgIpc) is 2.67. The Kier molecular flexibility index (Phi) is 8.57. The van der Waals surface area contributed by atoms with Crippen LogP contribution in [-0.4, -0.2) is 72.7 Å². The Balaban J connectivity index is 1.89. The lowest BCUT2D eigenvalue weighted by molar-refractivity contribution is -0.136. The summed E-state index contributed by atoms with van der Waals surface area (Å²) in [6.07, 6.45) is -5.25. The Morgan fingerprint density at radius 3 is 2.25 bits per heavy atom. The molecule has 0 radical (unpaired) electrons. The average molecular weight is 400 g/mol. The normalized spacial score (nSPS) is 16.2. The minimum absolute atomic E-state index is 0.241. The predicted octanol–water partition coefficient (Wildman–Crippen LogP) is 3.31. The standard InChI is InChI=1S/C20H31F3N4O/c1-3-25-11-13-26(14-12-25)16-18-8-6-5-7-17(18)15-24-19(28)27(4-2)10-9-20(21,22)23/h5-8H,3-4,9-16H2,1-2H3,(H,24,28). The highest BCUT2D eigenvalue weighted by Crippen LogP contribution is 2.20. The number of nitrogens with one attached hydrogen (secondary N) is 1. The molecule has 28 heavy (non-hydrogen) atoms. The molecule has 0 saturated carbocycles. The zero-order valence-corrected chi connectivity index (χ0v) is 16.8. The number of hydrogen-bond acceptors (Lipinski definition) is 3. The molecule has 1 fully saturated rings. The predicted molar refractivity (Wildman–Crippen MR) is 104 cm³/mol. The van der Waals surface area contributed by atoms with Crippen LogP contribution >= 0.6 is 0 Å². The number of urea groups is 1. The minimum Gasteiger partial charge on any atom is -0.334 e. The zero-order valence-electron chi connectivity index (χ0n) is 16.8. The number of halogens is 3. The molecular formula is C20H31F3N4O. The van der Waals surface area contributed by atoms with Crippen LogP contribution in [0.15, 0.2) is 24.3 Å². The van der Waals surface area contributed by atoms with Crippen LogP contribution in [0.5, 0.6) is 0 Å². The van der Waals surface area contributed by atoms with Crippen LogP contribution in [0.1, 0.15) is 31.4 Å². The highest BCUT2D eigenvalue weighted by molar-refractivity contribution is 5.74. The van der Waals surface area contributed by atoms with Crippen molar-refractivity contribution in [2.75, 3.05) is 45.8 Å². The lowest BCUT2D eigenvalue weighted by Gasteiger charge is -2.34. The fraction of sp³-hybridized carbons (Fsp3) is 0.650. The van der Waals surface area contributed by atoms with E-state index in [1.807, 2.05) is 18.2 Å². The molecule has 158 valence electrons. The van der Waals surface area contributed by atoms with Gasteiger partial charge in [-0.3, -0.25) is 4.90 Å². The Morgan fingerprint density at radius 2 is 1.68 bits per heavy atom. The number of nitrogens with zero attached hydrogens (tertiary/aromatic N) is 3. The third kappa shape index (κ3) is 7.31. The lowest BCUT2D eigenvalue weighted by Crippen LogP contribution is -2.45. The van der Waals surface area contributed by atoms with Gasteiger partial charge in [-0.15, -0.1) is 0 Å². The summed E-state index contributed by atoms with van der Waals surface area (Å²) in [7, 11) is 0. The van der Waals surface area contributed by atoms with Crippen LogP contribution in [0.25, 0.3) is 0 Å². The number of hydrogen-bond donors (Lipinski definition) is 1. The van der Waals surface area contributed by atoms with Gasteiger partial charge < -0.3 is 15.1 Å². The molecule has 0 atom stereocenters. The summed E-state index contributed by atoms with van der Waals surface area (Å²) in [6, 6.07) is 7.45. The van der Waals surface area contributed by atoms with E-state index in [-0.39, 0.29) is 13.1 Å². The van der Waals surface area contributed by atoms with Gasteiger partial charge in [-0.2, -0.15) is 13.2 Å². The highest BCUT2D eigenvalue weighted by atomic mass is 19.4. The maximum absolute atomic E-state index is 12.4. The van der Waals surface area contributed by atoms with Crippen molar-refractivity contribution in [3.8, 4) is 0 Å². The van der Waals surface area contributed by atoms with Gasteiger partial charge >= 0.3 is 12.2 Å². The molecule has 0 bridgehead atoms. The van der Waals surface area contributed by atoms with Gasteiger partial charge in [-0.25, -0.2) is 4.79 Å². The molecule has 2 amide bonds. The lowest BCUT2D eigenvalue weighted by atomic mass is 10.1. The number of rotatable bonds is 8. The Hall–Kier alpha value is -1.80. The molecular weight excluding hydrogens is 369 g/mol. The number of likely N-dealkylation sites (N-methyl/N-ethyl adjacent to an activating group) is 1. The summed E-state index contributed by atoms with van der Waals surface area (Å²) in [5.74, 6) is 0. The van der Waals surface area contributed by atoms with Gasteiger partial charge in [0, 0.05) is 52.4 Å². The first-order chi connectivity index (χ1) is 13.3. The molecule has 0 unspecified atom stereocenters. The van der Waals surface area contributed by atoms with Crippen LogP contribution in [0.2, 0.25) is 0 Å². The molecule has 1 aliphatic rings. The van der Waals surface area contributed by atoms with E-state index in [4.69, 9.17) is 0 Å². The van der Waals surface area contributed by atoms with E-state index in [0.29, 0.717) is 6.54 Å². The number of alkyl halides is 3. The van der Waals surface area contributed by atoms with Crippen LogP contribution in [0.3, 0.4) is 0 Å². The third-order valence-corrected chi connectivity index (χ3v) is 5.19. The van der Waals surface area contributed by atoms with Crippen molar-refractivity contribution in [2.24, 2.45) is 0 Å². The summed E-state index contributed by atoms with van der Waals surface area (Å²) in [5.41, 5.74) is 2.15. The van der Waals surface area contributed by atoms with Crippen LogP contribution in [-0.2, 0) is 13.1 Å². The molecule has 1 saturated heterocycles. The SMILES string of the molecule is CCN1CCN(Cc2ccccc2CNC(=O)N(CC)CCC(F)(F)F)CC1. The fourth-order valence-corrected chi connectivity index (χ4v) is 3.34. The Labute approximate surface area is 165 Å². The molecule has 1 aromatic carbocycles. The van der Waals surface area contributed by atoms with Gasteiger partial charge in [0.15, 0.2) is 0 Å². The zero-order chi connectivity index (χ0) is 20.6. The van der Waals surface area contributed by atoms with Crippen molar-refractivity contribution in [1.82, 2.24) is 20.0 Å². The maximum atomic E-state index is 12.4. The number of benzene rings is 1. The van der Waals surface area contributed by atoms with E-state index < -0.39 is 18.6 Å². The molecule has 5 nitrogen and oxygen atoms in total. The smallest absolute Gasteiger partial charge is 0.334 e. The summed E-state index contributed by atoms with van der Waals surface area (Å²) in [5, 5.41) is 2.77. The molecule has 2 rings (SSSR count). The summed E-state index contributed by atoms with van der Waals surface area (Å²) >= 11 is 0. The monoisotopic (exact) mass is 400 g/mol. The van der Waals surface area contributed by atoms with E-state index in [2.05, 4.69) is 28.1 Å². The van der Waals surface area contributed by atoms with Crippen molar-refractivity contribution in [3.05, 3.63) is 35.4 Å². The highest BCUT2D eigenvalue weighted by Gasteiger charge is 2.28. The first-order valence-corrected chi connectivity index (χ1v) is 9.93. The van der Waals surface area contributed by atoms with Crippen molar-refractivity contribution in [1.29, 1.82) is 0 Å². The molecule has 0 spiro atoms. The minimum atomic E-state index is -4.26. The van der Waals surface area contributed by atoms with Gasteiger partial charge in [-0.1, -0.05) is 31.2 Å². The molecule has 1 heterocycles. The van der Waals surface area contributed by atoms with E-state index in [1.165, 1.54) is 4.90 Å². The molecule has 0 aliphatic carbocycles. The number of carbonyl (C=O) groups is 1. The van der Waals surface area contributed by atoms with Crippen LogP contribution in [0.4, 0.5) is 18.0 Å². The van der Waals surface area contributed by atoms with Gasteiger partial charge in [0.05, 0.1) is 6.42 Å². The third-order valence-electron chi connectivity index (χ3n) is 5.19. The fourth-order valence-electron chi connectivity index (χ4n) is 3.34. The van der Waals surface area contributed by atoms with Gasteiger partial charge in [0.25, 0.3) is 0 Å². The second-order valence-electron chi connectivity index (χ2n) is 7.08. The van der Waals surface area contributed by atoms with E-state index in [1.54, 1.807) is 6.92 Å². The second kappa shape index (κ2) is 10.7. The summed E-state index contributed by atoms with van der Waals surface area (Å²) in [6.45, 7) is 10.1. The molecule has 1 aliphatic heterocycles. The maximum Gasteiger partial charge on any atom is 0.390 e. The van der Waals surface area contributed by atoms with Crippen molar-refractivity contribution < 1.29 is 18.0 Å². The topological polar surface area (TPSA) is 38.8 Å². The van der Waals surface area contributed by atoms with Crippen LogP contribution in [0, 0.1) is 0 Å². The molecule has 1 N–H and O–H groups in total. The van der Waals surface area contributed by atoms with Gasteiger partial charge in [0.2, 0.25) is 0 Å². The number of piperazine rings is 1. The molecule has 0 aromatic heterocycles. The van der Waals surface area contributed by atoms with E-state index in [9.17, 15) is 18.0 Å². The molecule has 1 aromatic rings. The first kappa shape index (κ1) is 22.5. The summed E-state index contributed by atoms with van der Waals surface area (Å²) in [4.78, 5) is 18.3. The quantitative estimate of drug-likeness (QED) is 0.728. The second-order valence-corrected chi connectivity index (χ2v) is 7.08. The first-order valence-electron chi connectivity index (χ1n) is 9.93. The molecule has 8 heteroatoms. The van der Waals surface area contributed by atoms with Crippen molar-refractivity contribution in [2.45, 2.75) is 39.5 Å². The Morgan fingerprint density at radius 1 is 1.07 bits per heavy atom. The summed E-state index contributed by atoms with van der Waals surface area (Å²) < 4.78 is 37.3. The number of amides is 2. The van der Waals surface area contributed by atoms with Gasteiger partial charge in [-0.05, 0) is 24.6 Å². The van der Waals surface area contributed by atoms with E-state index in [0.717, 1.165) is 50.4 Å². The van der Waals surface area contributed by atoms with Crippen molar-refractivity contribution >= 4 is 6.03 Å². The van der Waals surface area contributed by atoms with Gasteiger partial charge in [0.1, 0.15) is 0 Å². The van der Waals surface area contributed by atoms with Crippen LogP contribution < -0.4 is 5.32 Å². The largest absolute Gasteiger partial charge is 0.390 e. The van der Waals surface area contributed by atoms with E-state index >= 15 is 0 Å². The van der Waals surface area contributed by atoms with Crippen molar-refractivity contribution in [3.63, 3.8) is 0 Å². The number of carbonyl (C=O) groups excluding carboxylic acids is 1.